The summed E-state index contributed by atoms with van der Waals surface area (Å²) in [5.41, 5.74) is 5.52. The summed E-state index contributed by atoms with van der Waals surface area (Å²) in [7, 11) is 1.61. The summed E-state index contributed by atoms with van der Waals surface area (Å²) in [6.45, 7) is 13.0. The summed E-state index contributed by atoms with van der Waals surface area (Å²) in [5, 5.41) is 7.13. The number of amides is 1. The average Bonchev–Trinajstić information content (AvgIpc) is 3.33. The molecule has 1 fully saturated rings. The van der Waals surface area contributed by atoms with Crippen LogP contribution in [-0.4, -0.2) is 27.7 Å². The van der Waals surface area contributed by atoms with Crippen molar-refractivity contribution in [2.24, 2.45) is 5.41 Å². The van der Waals surface area contributed by atoms with Crippen molar-refractivity contribution in [3.63, 3.8) is 0 Å². The molecule has 1 saturated heterocycles. The van der Waals surface area contributed by atoms with E-state index in [-0.39, 0.29) is 18.0 Å². The maximum atomic E-state index is 12.6. The number of ether oxygens (including phenoxy) is 1. The number of benzene rings is 1. The summed E-state index contributed by atoms with van der Waals surface area (Å²) >= 11 is 5.89. The van der Waals surface area contributed by atoms with Gasteiger partial charge in [0.15, 0.2) is 5.11 Å². The number of carbonyl (C=O) groups excluding carboxylic acids is 1. The SMILES string of the molecule is CCn1c(C)cc([C@@H]2[C@H](c3ccccn3)NC(=S)N2c2ccc(NC(=O)C(C)(C)C)c(OC)c2)c1C. The van der Waals surface area contributed by atoms with Crippen molar-refractivity contribution >= 4 is 34.6 Å². The molecular weight excluding hydrogens is 470 g/mol. The number of carbonyl (C=O) groups is 1. The Kier molecular flexibility index (Phi) is 7.09. The Labute approximate surface area is 218 Å². The van der Waals surface area contributed by atoms with Gasteiger partial charge in [-0.2, -0.15) is 0 Å². The molecule has 0 spiro atoms. The molecule has 1 amide bonds. The van der Waals surface area contributed by atoms with Crippen LogP contribution in [0.4, 0.5) is 11.4 Å². The zero-order valence-corrected chi connectivity index (χ0v) is 22.9. The van der Waals surface area contributed by atoms with Crippen LogP contribution in [0.2, 0.25) is 0 Å². The molecule has 0 aliphatic carbocycles. The van der Waals surface area contributed by atoms with Crippen molar-refractivity contribution in [3.05, 3.63) is 71.3 Å². The highest BCUT2D eigenvalue weighted by Gasteiger charge is 2.42. The Bertz CT molecular complexity index is 1280. The first-order valence-corrected chi connectivity index (χ1v) is 12.6. The predicted octanol–water partition coefficient (Wildman–Crippen LogP) is 5.69. The Morgan fingerprint density at radius 2 is 1.94 bits per heavy atom. The predicted molar refractivity (Wildman–Crippen MR) is 149 cm³/mol. The van der Waals surface area contributed by atoms with Crippen LogP contribution in [0.3, 0.4) is 0 Å². The van der Waals surface area contributed by atoms with Crippen LogP contribution in [0.1, 0.15) is 62.4 Å². The van der Waals surface area contributed by atoms with Crippen LogP contribution in [0.25, 0.3) is 0 Å². The summed E-state index contributed by atoms with van der Waals surface area (Å²) in [4.78, 5) is 19.4. The summed E-state index contributed by atoms with van der Waals surface area (Å²) in [5.74, 6) is 0.499. The van der Waals surface area contributed by atoms with Crippen LogP contribution in [-0.2, 0) is 11.3 Å². The third-order valence-corrected chi connectivity index (χ3v) is 7.05. The number of nitrogens with one attached hydrogen (secondary N) is 2. The van der Waals surface area contributed by atoms with Gasteiger partial charge in [0.2, 0.25) is 5.91 Å². The standard InChI is InChI=1S/C28H35N5O2S/c1-8-32-17(2)15-20(18(32)3)25-24(22-11-9-10-14-29-22)31-27(36)33(25)19-12-13-21(23(16-19)35-7)30-26(34)28(4,5)6/h9-16,24-25H,8H2,1-7H3,(H,30,34)(H,31,36)/t24-,25+/m0/s1. The molecule has 1 aliphatic rings. The minimum absolute atomic E-state index is 0.0768. The molecule has 0 radical (unpaired) electrons. The van der Waals surface area contributed by atoms with E-state index in [0.29, 0.717) is 16.5 Å². The largest absolute Gasteiger partial charge is 0.494 e. The molecule has 0 bridgehead atoms. The average molecular weight is 506 g/mol. The van der Waals surface area contributed by atoms with Gasteiger partial charge in [-0.25, -0.2) is 0 Å². The maximum absolute atomic E-state index is 12.6. The molecule has 0 saturated carbocycles. The lowest BCUT2D eigenvalue weighted by molar-refractivity contribution is -0.123. The van der Waals surface area contributed by atoms with Crippen molar-refractivity contribution in [2.45, 2.75) is 60.2 Å². The molecular formula is C28H35N5O2S. The molecule has 3 aromatic rings. The molecule has 1 aliphatic heterocycles. The van der Waals surface area contributed by atoms with Crippen molar-refractivity contribution in [1.82, 2.24) is 14.9 Å². The zero-order valence-electron chi connectivity index (χ0n) is 22.0. The van der Waals surface area contributed by atoms with Gasteiger partial charge in [-0.05, 0) is 68.9 Å². The molecule has 4 rings (SSSR count). The zero-order chi connectivity index (χ0) is 26.2. The second kappa shape index (κ2) is 9.93. The first-order chi connectivity index (χ1) is 17.1. The first-order valence-electron chi connectivity index (χ1n) is 12.2. The number of aromatic nitrogens is 2. The molecule has 1 aromatic carbocycles. The number of thiocarbonyl (C=S) groups is 1. The molecule has 2 atom stereocenters. The molecule has 2 aromatic heterocycles. The number of hydrogen-bond acceptors (Lipinski definition) is 4. The highest BCUT2D eigenvalue weighted by molar-refractivity contribution is 7.80. The number of methoxy groups -OCH3 is 1. The third-order valence-electron chi connectivity index (χ3n) is 6.74. The fourth-order valence-corrected chi connectivity index (χ4v) is 5.15. The topological polar surface area (TPSA) is 71.4 Å². The van der Waals surface area contributed by atoms with Crippen LogP contribution >= 0.6 is 12.2 Å². The van der Waals surface area contributed by atoms with E-state index in [0.717, 1.165) is 17.9 Å². The van der Waals surface area contributed by atoms with Gasteiger partial charge in [0.25, 0.3) is 0 Å². The second-order valence-electron chi connectivity index (χ2n) is 10.2. The number of rotatable bonds is 6. The van der Waals surface area contributed by atoms with Crippen LogP contribution in [0.15, 0.2) is 48.7 Å². The Hall–Kier alpha value is -3.39. The van der Waals surface area contributed by atoms with Gasteiger partial charge in [0.1, 0.15) is 5.75 Å². The Morgan fingerprint density at radius 3 is 2.53 bits per heavy atom. The molecule has 36 heavy (non-hydrogen) atoms. The van der Waals surface area contributed by atoms with Gasteiger partial charge >= 0.3 is 0 Å². The van der Waals surface area contributed by atoms with Crippen molar-refractivity contribution in [1.29, 1.82) is 0 Å². The van der Waals surface area contributed by atoms with E-state index in [1.807, 2.05) is 63.4 Å². The van der Waals surface area contributed by atoms with E-state index in [1.165, 1.54) is 17.0 Å². The monoisotopic (exact) mass is 505 g/mol. The molecule has 2 N–H and O–H groups in total. The van der Waals surface area contributed by atoms with Crippen molar-refractivity contribution < 1.29 is 9.53 Å². The highest BCUT2D eigenvalue weighted by Crippen LogP contribution is 2.44. The number of nitrogens with zero attached hydrogens (tertiary/aromatic N) is 3. The van der Waals surface area contributed by atoms with Crippen LogP contribution in [0, 0.1) is 19.3 Å². The van der Waals surface area contributed by atoms with Crippen LogP contribution in [0.5, 0.6) is 5.75 Å². The van der Waals surface area contributed by atoms with Gasteiger partial charge in [0, 0.05) is 41.3 Å². The van der Waals surface area contributed by atoms with Crippen molar-refractivity contribution in [3.8, 4) is 5.75 Å². The Balaban J connectivity index is 1.81. The second-order valence-corrected chi connectivity index (χ2v) is 10.5. The molecule has 190 valence electrons. The lowest BCUT2D eigenvalue weighted by atomic mass is 9.95. The lowest BCUT2D eigenvalue weighted by Crippen LogP contribution is -2.30. The van der Waals surface area contributed by atoms with E-state index in [1.54, 1.807) is 7.11 Å². The summed E-state index contributed by atoms with van der Waals surface area (Å²) < 4.78 is 8.01. The minimum atomic E-state index is -0.521. The molecule has 7 nitrogen and oxygen atoms in total. The Morgan fingerprint density at radius 1 is 1.19 bits per heavy atom. The van der Waals surface area contributed by atoms with E-state index >= 15 is 0 Å². The van der Waals surface area contributed by atoms with Gasteiger partial charge in [0.05, 0.1) is 30.6 Å². The fourth-order valence-electron chi connectivity index (χ4n) is 4.81. The molecule has 0 unspecified atom stereocenters. The smallest absolute Gasteiger partial charge is 0.229 e. The molecule has 3 heterocycles. The first kappa shape index (κ1) is 25.7. The van der Waals surface area contributed by atoms with Crippen LogP contribution < -0.4 is 20.3 Å². The van der Waals surface area contributed by atoms with Gasteiger partial charge in [-0.15, -0.1) is 0 Å². The fraction of sp³-hybridized carbons (Fsp3) is 0.393. The summed E-state index contributed by atoms with van der Waals surface area (Å²) in [6.07, 6.45) is 1.81. The normalized spacial score (nSPS) is 17.8. The van der Waals surface area contributed by atoms with E-state index in [2.05, 4.69) is 51.9 Å². The van der Waals surface area contributed by atoms with Gasteiger partial charge in [-0.3, -0.25) is 9.78 Å². The summed E-state index contributed by atoms with van der Waals surface area (Å²) in [6, 6.07) is 13.7. The molecule has 8 heteroatoms. The minimum Gasteiger partial charge on any atom is -0.494 e. The quantitative estimate of drug-likeness (QED) is 0.420. The van der Waals surface area contributed by atoms with Gasteiger partial charge in [-0.1, -0.05) is 26.8 Å². The van der Waals surface area contributed by atoms with Crippen molar-refractivity contribution in [2.75, 3.05) is 17.3 Å². The van der Waals surface area contributed by atoms with E-state index < -0.39 is 5.41 Å². The number of aryl methyl sites for hydroxylation is 1. The number of hydrogen-bond donors (Lipinski definition) is 2. The third kappa shape index (κ3) is 4.69. The maximum Gasteiger partial charge on any atom is 0.229 e. The van der Waals surface area contributed by atoms with E-state index in [4.69, 9.17) is 17.0 Å². The highest BCUT2D eigenvalue weighted by atomic mass is 32.1. The number of pyridine rings is 1. The van der Waals surface area contributed by atoms with Gasteiger partial charge < -0.3 is 24.8 Å². The lowest BCUT2D eigenvalue weighted by Gasteiger charge is -2.29. The van der Waals surface area contributed by atoms with E-state index in [9.17, 15) is 4.79 Å². The number of anilines is 2.